The lowest BCUT2D eigenvalue weighted by Gasteiger charge is -2.40. The summed E-state index contributed by atoms with van der Waals surface area (Å²) in [5.74, 6) is 1.47. The van der Waals surface area contributed by atoms with Gasteiger partial charge in [-0.1, -0.05) is 0 Å². The molecular weight excluding hydrogens is 308 g/mol. The number of carbonyl (C=O) groups excluding carboxylic acids is 1. The number of hydrogen-bond acceptors (Lipinski definition) is 5. The first-order valence-corrected chi connectivity index (χ1v) is 8.55. The molecule has 0 bridgehead atoms. The van der Waals surface area contributed by atoms with Crippen LogP contribution in [0.5, 0.6) is 5.75 Å². The Hall–Kier alpha value is -1.82. The molecule has 1 N–H and O–H groups in total. The highest BCUT2D eigenvalue weighted by Gasteiger charge is 2.38. The maximum absolute atomic E-state index is 12.1. The summed E-state index contributed by atoms with van der Waals surface area (Å²) >= 11 is 0. The molecular formula is C18H26N2O4. The van der Waals surface area contributed by atoms with Crippen LogP contribution < -0.4 is 4.74 Å². The maximum atomic E-state index is 12.1. The molecule has 1 aliphatic heterocycles. The van der Waals surface area contributed by atoms with Gasteiger partial charge >= 0.3 is 6.09 Å². The predicted molar refractivity (Wildman–Crippen MR) is 89.0 cm³/mol. The lowest BCUT2D eigenvalue weighted by Crippen LogP contribution is -2.55. The quantitative estimate of drug-likeness (QED) is 0.896. The van der Waals surface area contributed by atoms with Crippen LogP contribution in [0.4, 0.5) is 4.79 Å². The molecule has 0 spiro atoms. The highest BCUT2D eigenvalue weighted by atomic mass is 16.6. The summed E-state index contributed by atoms with van der Waals surface area (Å²) in [7, 11) is 0. The van der Waals surface area contributed by atoms with Crippen LogP contribution in [0.25, 0.3) is 0 Å². The minimum Gasteiger partial charge on any atom is -0.490 e. The van der Waals surface area contributed by atoms with Crippen LogP contribution >= 0.6 is 0 Å². The smallest absolute Gasteiger partial charge is 0.410 e. The molecule has 1 amide bonds. The monoisotopic (exact) mass is 334 g/mol. The minimum absolute atomic E-state index is 0.0506. The number of rotatable bonds is 5. The van der Waals surface area contributed by atoms with Crippen LogP contribution in [-0.2, 0) is 4.74 Å². The first-order chi connectivity index (χ1) is 11.4. The third kappa shape index (κ3) is 3.98. The maximum Gasteiger partial charge on any atom is 0.410 e. The number of carbonyl (C=O) groups is 1. The molecule has 3 atom stereocenters. The summed E-state index contributed by atoms with van der Waals surface area (Å²) in [6.07, 6.45) is 5.18. The summed E-state index contributed by atoms with van der Waals surface area (Å²) in [4.78, 5) is 18.0. The van der Waals surface area contributed by atoms with Gasteiger partial charge < -0.3 is 19.5 Å². The van der Waals surface area contributed by atoms with E-state index in [1.807, 2.05) is 33.0 Å². The number of hydrogen-bond donors (Lipinski definition) is 1. The molecule has 1 aliphatic carbocycles. The SMILES string of the molecule is CC(C)(C)OC(=O)N1CC[C@H]1COc1cncc(C2C[C@H]2CO)c1. The number of aliphatic hydroxyl groups is 1. The first kappa shape index (κ1) is 17.0. The van der Waals surface area contributed by atoms with E-state index in [2.05, 4.69) is 4.98 Å². The highest BCUT2D eigenvalue weighted by molar-refractivity contribution is 5.69. The summed E-state index contributed by atoms with van der Waals surface area (Å²) in [5.41, 5.74) is 0.633. The third-order valence-electron chi connectivity index (χ3n) is 4.53. The van der Waals surface area contributed by atoms with Gasteiger partial charge in [-0.15, -0.1) is 0 Å². The Bertz CT molecular complexity index is 599. The molecule has 1 aromatic heterocycles. The summed E-state index contributed by atoms with van der Waals surface area (Å²) in [6, 6.07) is 2.04. The number of likely N-dealkylation sites (tertiary alicyclic amines) is 1. The molecule has 0 aromatic carbocycles. The van der Waals surface area contributed by atoms with Crippen LogP contribution in [0.2, 0.25) is 0 Å². The van der Waals surface area contributed by atoms with E-state index in [0.29, 0.717) is 30.7 Å². The second-order valence-electron chi connectivity index (χ2n) is 7.67. The zero-order valence-corrected chi connectivity index (χ0v) is 14.6. The second kappa shape index (κ2) is 6.59. The first-order valence-electron chi connectivity index (χ1n) is 8.55. The van der Waals surface area contributed by atoms with E-state index in [4.69, 9.17) is 9.47 Å². The van der Waals surface area contributed by atoms with E-state index in [0.717, 1.165) is 18.4 Å². The Balaban J connectivity index is 1.51. The van der Waals surface area contributed by atoms with Crippen LogP contribution in [0.15, 0.2) is 18.5 Å². The molecule has 2 heterocycles. The Morgan fingerprint density at radius 3 is 2.79 bits per heavy atom. The fourth-order valence-electron chi connectivity index (χ4n) is 2.94. The number of aliphatic hydroxyl groups excluding tert-OH is 1. The minimum atomic E-state index is -0.482. The van der Waals surface area contributed by atoms with Gasteiger partial charge in [-0.2, -0.15) is 0 Å². The van der Waals surface area contributed by atoms with Crippen molar-refractivity contribution in [1.82, 2.24) is 9.88 Å². The number of aromatic nitrogens is 1. The number of pyridine rings is 1. The predicted octanol–water partition coefficient (Wildman–Crippen LogP) is 2.57. The molecule has 2 aliphatic rings. The normalized spacial score (nSPS) is 25.8. The largest absolute Gasteiger partial charge is 0.490 e. The molecule has 1 saturated heterocycles. The van der Waals surface area contributed by atoms with E-state index < -0.39 is 5.60 Å². The van der Waals surface area contributed by atoms with E-state index in [1.54, 1.807) is 11.1 Å². The van der Waals surface area contributed by atoms with E-state index in [9.17, 15) is 9.90 Å². The Labute approximate surface area is 142 Å². The van der Waals surface area contributed by atoms with Crippen molar-refractivity contribution in [2.24, 2.45) is 5.92 Å². The number of ether oxygens (including phenoxy) is 2. The zero-order valence-electron chi connectivity index (χ0n) is 14.6. The van der Waals surface area contributed by atoms with Crippen LogP contribution in [-0.4, -0.2) is 52.5 Å². The lowest BCUT2D eigenvalue weighted by molar-refractivity contribution is -0.0141. The molecule has 1 saturated carbocycles. The van der Waals surface area contributed by atoms with Gasteiger partial charge in [0.05, 0.1) is 12.2 Å². The van der Waals surface area contributed by atoms with E-state index in [-0.39, 0.29) is 18.7 Å². The van der Waals surface area contributed by atoms with Gasteiger partial charge in [0.15, 0.2) is 0 Å². The van der Waals surface area contributed by atoms with Crippen molar-refractivity contribution in [1.29, 1.82) is 0 Å². The van der Waals surface area contributed by atoms with Gasteiger partial charge in [-0.3, -0.25) is 4.98 Å². The third-order valence-corrected chi connectivity index (χ3v) is 4.53. The zero-order chi connectivity index (χ0) is 17.3. The van der Waals surface area contributed by atoms with Crippen LogP contribution in [0.1, 0.15) is 45.1 Å². The van der Waals surface area contributed by atoms with E-state index in [1.165, 1.54) is 0 Å². The van der Waals surface area contributed by atoms with Crippen molar-refractivity contribution >= 4 is 6.09 Å². The van der Waals surface area contributed by atoms with Crippen molar-refractivity contribution in [2.45, 2.75) is 51.2 Å². The topological polar surface area (TPSA) is 71.9 Å². The average Bonchev–Trinajstić information content (AvgIpc) is 3.24. The molecule has 24 heavy (non-hydrogen) atoms. The van der Waals surface area contributed by atoms with Gasteiger partial charge in [0.25, 0.3) is 0 Å². The molecule has 3 rings (SSSR count). The average molecular weight is 334 g/mol. The van der Waals surface area contributed by atoms with Gasteiger partial charge in [-0.05, 0) is 57.1 Å². The van der Waals surface area contributed by atoms with Crippen molar-refractivity contribution in [2.75, 3.05) is 19.8 Å². The van der Waals surface area contributed by atoms with Crippen LogP contribution in [0, 0.1) is 5.92 Å². The van der Waals surface area contributed by atoms with Crippen molar-refractivity contribution in [3.05, 3.63) is 24.0 Å². The summed E-state index contributed by atoms with van der Waals surface area (Å²) in [5, 5.41) is 9.18. The molecule has 132 valence electrons. The molecule has 1 unspecified atom stereocenters. The van der Waals surface area contributed by atoms with Gasteiger partial charge in [0, 0.05) is 19.3 Å². The number of nitrogens with zero attached hydrogens (tertiary/aromatic N) is 2. The van der Waals surface area contributed by atoms with Gasteiger partial charge in [0.1, 0.15) is 18.0 Å². The molecule has 0 radical (unpaired) electrons. The lowest BCUT2D eigenvalue weighted by atomic mass is 10.1. The Kier molecular flexibility index (Phi) is 4.67. The fourth-order valence-corrected chi connectivity index (χ4v) is 2.94. The van der Waals surface area contributed by atoms with Crippen molar-refractivity contribution < 1.29 is 19.4 Å². The summed E-state index contributed by atoms with van der Waals surface area (Å²) in [6.45, 7) is 6.98. The van der Waals surface area contributed by atoms with Crippen molar-refractivity contribution in [3.63, 3.8) is 0 Å². The molecule has 2 fully saturated rings. The van der Waals surface area contributed by atoms with Crippen LogP contribution in [0.3, 0.4) is 0 Å². The van der Waals surface area contributed by atoms with E-state index >= 15 is 0 Å². The Morgan fingerprint density at radius 1 is 1.42 bits per heavy atom. The van der Waals surface area contributed by atoms with Crippen molar-refractivity contribution in [3.8, 4) is 5.75 Å². The fraction of sp³-hybridized carbons (Fsp3) is 0.667. The highest BCUT2D eigenvalue weighted by Crippen LogP contribution is 2.47. The van der Waals surface area contributed by atoms with Gasteiger partial charge in [0.2, 0.25) is 0 Å². The molecule has 1 aromatic rings. The number of amides is 1. The standard InChI is InChI=1S/C18H26N2O4/c1-18(2,3)24-17(22)20-5-4-14(20)11-23-15-6-12(8-19-9-15)16-7-13(16)10-21/h6,8-9,13-14,16,21H,4-5,7,10-11H2,1-3H3/t13-,14-,16?/m0/s1. The molecule has 6 nitrogen and oxygen atoms in total. The molecule has 6 heteroatoms. The Morgan fingerprint density at radius 2 is 2.21 bits per heavy atom. The summed E-state index contributed by atoms with van der Waals surface area (Å²) < 4.78 is 11.2. The second-order valence-corrected chi connectivity index (χ2v) is 7.67. The van der Waals surface area contributed by atoms with Gasteiger partial charge in [-0.25, -0.2) is 4.79 Å².